The number of fused-ring (bicyclic) bond motifs is 1. The molecule has 0 saturated heterocycles. The number of aryl methyl sites for hydroxylation is 1. The number of nitrogens with zero attached hydrogens (tertiary/aromatic N) is 2. The molecule has 0 bridgehead atoms. The van der Waals surface area contributed by atoms with Gasteiger partial charge in [0.2, 0.25) is 5.91 Å². The molecule has 3 aromatic rings. The lowest BCUT2D eigenvalue weighted by atomic mass is 10.1. The Morgan fingerprint density at radius 2 is 2.22 bits per heavy atom. The molecule has 1 N–H and O–H groups in total. The van der Waals surface area contributed by atoms with Crippen LogP contribution in [-0.4, -0.2) is 10.5 Å². The summed E-state index contributed by atoms with van der Waals surface area (Å²) in [6.07, 6.45) is 2.64. The first kappa shape index (κ1) is 15.3. The molecule has 0 unspecified atom stereocenters. The van der Waals surface area contributed by atoms with E-state index in [1.165, 1.54) is 0 Å². The van der Waals surface area contributed by atoms with Crippen LogP contribution in [0.2, 0.25) is 0 Å². The maximum atomic E-state index is 12.2. The highest BCUT2D eigenvalue weighted by Gasteiger charge is 2.13. The summed E-state index contributed by atoms with van der Waals surface area (Å²) in [6.45, 7) is 2.84. The Hall–Kier alpha value is -2.58. The molecule has 0 spiro atoms. The molecular weight excluding hydrogens is 306 g/mol. The summed E-state index contributed by atoms with van der Waals surface area (Å²) in [5, 5.41) is 15.2. The fourth-order valence-electron chi connectivity index (χ4n) is 2.75. The number of nitriles is 1. The highest BCUT2D eigenvalue weighted by molar-refractivity contribution is 7.09. The van der Waals surface area contributed by atoms with Crippen LogP contribution in [-0.2, 0) is 24.3 Å². The number of amides is 1. The molecule has 5 heteroatoms. The zero-order chi connectivity index (χ0) is 16.2. The average Bonchev–Trinajstić information content (AvgIpc) is 3.20. The molecule has 0 aliphatic carbocycles. The number of nitrogens with one attached hydrogen (secondary N) is 1. The summed E-state index contributed by atoms with van der Waals surface area (Å²) in [7, 11) is 0. The van der Waals surface area contributed by atoms with Gasteiger partial charge >= 0.3 is 0 Å². The van der Waals surface area contributed by atoms with Crippen molar-refractivity contribution >= 4 is 28.1 Å². The minimum absolute atomic E-state index is 0.0503. The molecule has 116 valence electrons. The predicted octanol–water partition coefficient (Wildman–Crippen LogP) is 3.45. The average molecular weight is 323 g/mol. The van der Waals surface area contributed by atoms with Crippen LogP contribution in [0.25, 0.3) is 10.9 Å². The fourth-order valence-corrected chi connectivity index (χ4v) is 3.39. The van der Waals surface area contributed by atoms with Crippen LogP contribution < -0.4 is 5.32 Å². The van der Waals surface area contributed by atoms with Gasteiger partial charge in [-0.05, 0) is 23.4 Å². The van der Waals surface area contributed by atoms with Gasteiger partial charge < -0.3 is 9.88 Å². The Kier molecular flexibility index (Phi) is 4.45. The number of carbonyl (C=O) groups is 1. The van der Waals surface area contributed by atoms with Gasteiger partial charge in [-0.3, -0.25) is 4.79 Å². The first-order valence-corrected chi connectivity index (χ1v) is 8.40. The van der Waals surface area contributed by atoms with Crippen molar-refractivity contribution in [3.8, 4) is 6.07 Å². The van der Waals surface area contributed by atoms with E-state index in [0.29, 0.717) is 12.1 Å². The quantitative estimate of drug-likeness (QED) is 0.782. The van der Waals surface area contributed by atoms with Gasteiger partial charge in [0.05, 0.1) is 17.6 Å². The van der Waals surface area contributed by atoms with Crippen LogP contribution in [0.5, 0.6) is 0 Å². The molecule has 0 saturated carbocycles. The third-order valence-corrected chi connectivity index (χ3v) is 4.71. The Bertz CT molecular complexity index is 872. The molecule has 4 nitrogen and oxygen atoms in total. The Balaban J connectivity index is 1.84. The summed E-state index contributed by atoms with van der Waals surface area (Å²) >= 11 is 1.62. The number of benzene rings is 1. The molecule has 2 aromatic heterocycles. The molecule has 0 fully saturated rings. The molecule has 1 aromatic carbocycles. The number of thiophene rings is 1. The van der Waals surface area contributed by atoms with Crippen molar-refractivity contribution in [3.63, 3.8) is 0 Å². The topological polar surface area (TPSA) is 57.8 Å². The van der Waals surface area contributed by atoms with Crippen LogP contribution >= 0.6 is 11.3 Å². The second-order valence-corrected chi connectivity index (χ2v) is 6.34. The largest absolute Gasteiger partial charge is 0.350 e. The van der Waals surface area contributed by atoms with Crippen LogP contribution in [0, 0.1) is 11.3 Å². The molecular formula is C18H17N3OS. The second kappa shape index (κ2) is 6.67. The van der Waals surface area contributed by atoms with Gasteiger partial charge in [-0.25, -0.2) is 0 Å². The normalized spacial score (nSPS) is 10.6. The van der Waals surface area contributed by atoms with Crippen molar-refractivity contribution in [3.05, 3.63) is 57.9 Å². The number of aromatic nitrogens is 1. The summed E-state index contributed by atoms with van der Waals surface area (Å²) in [5.41, 5.74) is 2.74. The zero-order valence-corrected chi connectivity index (χ0v) is 13.7. The van der Waals surface area contributed by atoms with Gasteiger partial charge in [0, 0.05) is 16.5 Å². The van der Waals surface area contributed by atoms with Crippen molar-refractivity contribution < 1.29 is 4.79 Å². The van der Waals surface area contributed by atoms with Gasteiger partial charge in [-0.1, -0.05) is 31.2 Å². The van der Waals surface area contributed by atoms with E-state index in [9.17, 15) is 10.1 Å². The first-order chi connectivity index (χ1) is 11.2. The van der Waals surface area contributed by atoms with Crippen LogP contribution in [0.15, 0.2) is 41.9 Å². The van der Waals surface area contributed by atoms with Gasteiger partial charge in [0.1, 0.15) is 12.6 Å². The summed E-state index contributed by atoms with van der Waals surface area (Å²) in [4.78, 5) is 13.4. The Morgan fingerprint density at radius 1 is 1.35 bits per heavy atom. The highest BCUT2D eigenvalue weighted by atomic mass is 32.1. The van der Waals surface area contributed by atoms with Crippen molar-refractivity contribution in [1.29, 1.82) is 5.26 Å². The predicted molar refractivity (Wildman–Crippen MR) is 92.2 cm³/mol. The summed E-state index contributed by atoms with van der Waals surface area (Å²) < 4.78 is 1.89. The Morgan fingerprint density at radius 3 is 2.91 bits per heavy atom. The van der Waals surface area contributed by atoms with Crippen molar-refractivity contribution in [1.82, 2.24) is 9.88 Å². The number of hydrogen-bond donors (Lipinski definition) is 1. The molecule has 1 amide bonds. The lowest BCUT2D eigenvalue weighted by Crippen LogP contribution is -2.26. The summed E-state index contributed by atoms with van der Waals surface area (Å²) in [5.74, 6) is -0.0503. The van der Waals surface area contributed by atoms with E-state index < -0.39 is 0 Å². The maximum Gasteiger partial charge on any atom is 0.240 e. The van der Waals surface area contributed by atoms with E-state index in [-0.39, 0.29) is 12.5 Å². The zero-order valence-electron chi connectivity index (χ0n) is 12.9. The second-order valence-electron chi connectivity index (χ2n) is 5.31. The van der Waals surface area contributed by atoms with E-state index >= 15 is 0 Å². The Labute approximate surface area is 139 Å². The van der Waals surface area contributed by atoms with E-state index in [1.807, 2.05) is 40.3 Å². The van der Waals surface area contributed by atoms with Crippen LogP contribution in [0.3, 0.4) is 0 Å². The lowest BCUT2D eigenvalue weighted by molar-refractivity contribution is -0.121. The third kappa shape index (κ3) is 3.13. The lowest BCUT2D eigenvalue weighted by Gasteiger charge is -2.09. The monoisotopic (exact) mass is 323 g/mol. The van der Waals surface area contributed by atoms with Gasteiger partial charge in [-0.2, -0.15) is 5.26 Å². The van der Waals surface area contributed by atoms with Gasteiger partial charge in [0.25, 0.3) is 0 Å². The van der Waals surface area contributed by atoms with E-state index in [4.69, 9.17) is 0 Å². The van der Waals surface area contributed by atoms with E-state index in [1.54, 1.807) is 17.5 Å². The minimum Gasteiger partial charge on any atom is -0.350 e. The van der Waals surface area contributed by atoms with Crippen molar-refractivity contribution in [2.75, 3.05) is 0 Å². The number of rotatable bonds is 5. The molecule has 0 aliphatic heterocycles. The van der Waals surface area contributed by atoms with Crippen LogP contribution in [0.1, 0.15) is 22.9 Å². The summed E-state index contributed by atoms with van der Waals surface area (Å²) in [6, 6.07) is 12.1. The van der Waals surface area contributed by atoms with Crippen molar-refractivity contribution in [2.24, 2.45) is 0 Å². The number of hydrogen-bond acceptors (Lipinski definition) is 3. The van der Waals surface area contributed by atoms with Crippen LogP contribution in [0.4, 0.5) is 0 Å². The smallest absolute Gasteiger partial charge is 0.240 e. The van der Waals surface area contributed by atoms with Gasteiger partial charge in [-0.15, -0.1) is 11.3 Å². The number of carbonyl (C=O) groups excluding carboxylic acids is 1. The van der Waals surface area contributed by atoms with E-state index in [0.717, 1.165) is 27.8 Å². The molecule has 0 radical (unpaired) electrons. The standard InChI is InChI=1S/C18H17N3OS/c1-2-13-5-3-7-16-14(9-19)11-21(18(13)16)12-17(22)20-10-15-6-4-8-23-15/h3-8,11H,2,10,12H2,1H3,(H,20,22). The molecule has 2 heterocycles. The van der Waals surface area contributed by atoms with E-state index in [2.05, 4.69) is 18.3 Å². The van der Waals surface area contributed by atoms with Crippen molar-refractivity contribution in [2.45, 2.75) is 26.4 Å². The third-order valence-electron chi connectivity index (χ3n) is 3.84. The minimum atomic E-state index is -0.0503. The fraction of sp³-hybridized carbons (Fsp3) is 0.222. The molecule has 23 heavy (non-hydrogen) atoms. The SMILES string of the molecule is CCc1cccc2c(C#N)cn(CC(=O)NCc3cccs3)c12. The molecule has 0 atom stereocenters. The first-order valence-electron chi connectivity index (χ1n) is 7.52. The maximum absolute atomic E-state index is 12.2. The highest BCUT2D eigenvalue weighted by Crippen LogP contribution is 2.25. The molecule has 0 aliphatic rings. The number of para-hydroxylation sites is 1. The molecule has 3 rings (SSSR count). The van der Waals surface area contributed by atoms with Gasteiger partial charge in [0.15, 0.2) is 0 Å².